The van der Waals surface area contributed by atoms with Crippen LogP contribution >= 0.6 is 0 Å². The highest BCUT2D eigenvalue weighted by molar-refractivity contribution is 5.61. The molecule has 0 amide bonds. The zero-order valence-corrected chi connectivity index (χ0v) is 57.9. The number of unbranched alkanes of at least 4 members (excludes halogenated alkanes) is 18. The molecule has 0 aliphatic heterocycles. The number of benzene rings is 7. The van der Waals surface area contributed by atoms with Gasteiger partial charge in [0.15, 0.2) is 0 Å². The third kappa shape index (κ3) is 25.2. The Morgan fingerprint density at radius 2 is 0.337 bits per heavy atom. The van der Waals surface area contributed by atoms with Crippen LogP contribution in [0.3, 0.4) is 0 Å². The number of hydrogen-bond donors (Lipinski definition) is 0. The van der Waals surface area contributed by atoms with E-state index < -0.39 is 0 Å². The minimum atomic E-state index is 0.994. The van der Waals surface area contributed by atoms with Crippen LogP contribution in [0.1, 0.15) is 307 Å². The third-order valence-electron chi connectivity index (χ3n) is 17.7. The Balaban J connectivity index is 1.30. The summed E-state index contributed by atoms with van der Waals surface area (Å²) in [5, 5.41) is 0. The molecule has 0 atom stereocenters. The monoisotopic (exact) mass is 1210 g/mol. The van der Waals surface area contributed by atoms with Crippen molar-refractivity contribution in [3.63, 3.8) is 0 Å². The summed E-state index contributed by atoms with van der Waals surface area (Å²) >= 11 is 0. The van der Waals surface area contributed by atoms with Crippen molar-refractivity contribution in [2.24, 2.45) is 0 Å². The van der Waals surface area contributed by atoms with Crippen molar-refractivity contribution in [1.82, 2.24) is 0 Å². The van der Waals surface area contributed by atoms with Crippen LogP contribution in [0.25, 0.3) is 0 Å². The Bertz CT molecular complexity index is 3530. The average molecular weight is 1210 g/mol. The summed E-state index contributed by atoms with van der Waals surface area (Å²) in [5.74, 6) is 43.6. The van der Waals surface area contributed by atoms with Gasteiger partial charge in [0.2, 0.25) is 0 Å². The normalized spacial score (nSPS) is 10.5. The van der Waals surface area contributed by atoms with Gasteiger partial charge in [0.1, 0.15) is 0 Å². The van der Waals surface area contributed by atoms with Gasteiger partial charge in [-0.1, -0.05) is 264 Å². The van der Waals surface area contributed by atoms with E-state index in [4.69, 9.17) is 0 Å². The topological polar surface area (TPSA) is 0 Å². The maximum absolute atomic E-state index is 3.93. The molecule has 92 heavy (non-hydrogen) atoms. The maximum Gasteiger partial charge on any atom is 0.0284 e. The molecule has 0 aromatic heterocycles. The van der Waals surface area contributed by atoms with E-state index in [1.807, 2.05) is 0 Å². The van der Waals surface area contributed by atoms with Crippen LogP contribution in [0, 0.1) is 84.9 Å². The van der Waals surface area contributed by atoms with Gasteiger partial charge in [-0.25, -0.2) is 0 Å². The van der Waals surface area contributed by atoms with Crippen LogP contribution in [-0.4, -0.2) is 0 Å². The Labute approximate surface area is 560 Å². The molecule has 0 fully saturated rings. The first kappa shape index (κ1) is 71.3. The van der Waals surface area contributed by atoms with Crippen LogP contribution in [0.4, 0.5) is 0 Å². The lowest BCUT2D eigenvalue weighted by atomic mass is 9.90. The molecule has 0 heterocycles. The van der Waals surface area contributed by atoms with Crippen molar-refractivity contribution in [3.05, 3.63) is 245 Å². The standard InChI is InChI=1S/C92H106/c1-9-15-21-27-33-81-69-89(83(35-29-23-17-11-3)67-87(81)61-59-79-55-51-77(52-56-79)49-47-75-43-39-73(7)40-44-75)63-65-91-71-86(38-32-26-20-14-6)92(72-85(91)37-31-25-19-13-5)66-64-90-70-82(34-28-22-16-10-2)88(68-84(90)36-30-24-18-12-4)62-60-80-57-53-78(54-58-80)50-48-76-45-41-74(8)42-46-76/h39-46,51-58,67-72H,9-38H2,1-8H3. The molecule has 0 unspecified atom stereocenters. The van der Waals surface area contributed by atoms with E-state index in [-0.39, 0.29) is 0 Å². The minimum Gasteiger partial charge on any atom is -0.0654 e. The Hall–Kier alpha value is -8.10. The minimum absolute atomic E-state index is 0.994. The van der Waals surface area contributed by atoms with E-state index in [0.717, 1.165) is 122 Å². The molecule has 0 aliphatic carbocycles. The second-order valence-electron chi connectivity index (χ2n) is 25.8. The summed E-state index contributed by atoms with van der Waals surface area (Å²) in [6.07, 6.45) is 34.9. The molecule has 0 heteroatoms. The van der Waals surface area contributed by atoms with E-state index in [0.29, 0.717) is 0 Å². The highest BCUT2D eigenvalue weighted by atomic mass is 14.2. The molecule has 0 aliphatic rings. The summed E-state index contributed by atoms with van der Waals surface area (Å²) in [5.41, 5.74) is 23.5. The fraction of sp³-hybridized carbons (Fsp3) is 0.413. The molecule has 0 saturated heterocycles. The van der Waals surface area contributed by atoms with Gasteiger partial charge in [0.05, 0.1) is 0 Å². The van der Waals surface area contributed by atoms with E-state index in [9.17, 15) is 0 Å². The van der Waals surface area contributed by atoms with Gasteiger partial charge in [-0.3, -0.25) is 0 Å². The molecule has 7 aromatic rings. The first-order valence-corrected chi connectivity index (χ1v) is 36.1. The largest absolute Gasteiger partial charge is 0.0654 e. The van der Waals surface area contributed by atoms with Gasteiger partial charge in [-0.05, 0) is 233 Å². The van der Waals surface area contributed by atoms with Crippen molar-refractivity contribution in [3.8, 4) is 71.0 Å². The molecule has 7 rings (SSSR count). The van der Waals surface area contributed by atoms with E-state index in [2.05, 4.69) is 260 Å². The summed E-state index contributed by atoms with van der Waals surface area (Å²) in [4.78, 5) is 0. The lowest BCUT2D eigenvalue weighted by Gasteiger charge is -2.14. The smallest absolute Gasteiger partial charge is 0.0284 e. The molecule has 474 valence electrons. The van der Waals surface area contributed by atoms with Gasteiger partial charge in [-0.15, -0.1) is 0 Å². The molecule has 0 spiro atoms. The molecule has 0 saturated carbocycles. The Kier molecular flexibility index (Phi) is 32.1. The zero-order chi connectivity index (χ0) is 64.8. The number of hydrogen-bond acceptors (Lipinski definition) is 0. The second-order valence-corrected chi connectivity index (χ2v) is 25.8. The van der Waals surface area contributed by atoms with Crippen molar-refractivity contribution in [1.29, 1.82) is 0 Å². The lowest BCUT2D eigenvalue weighted by Crippen LogP contribution is -2.01. The van der Waals surface area contributed by atoms with Gasteiger partial charge < -0.3 is 0 Å². The molecular weight excluding hydrogens is 1110 g/mol. The highest BCUT2D eigenvalue weighted by Crippen LogP contribution is 2.27. The predicted molar refractivity (Wildman–Crippen MR) is 398 cm³/mol. The van der Waals surface area contributed by atoms with Gasteiger partial charge in [0, 0.05) is 66.8 Å². The fourth-order valence-corrected chi connectivity index (χ4v) is 11.8. The fourth-order valence-electron chi connectivity index (χ4n) is 11.8. The van der Waals surface area contributed by atoms with Crippen molar-refractivity contribution >= 4 is 0 Å². The lowest BCUT2D eigenvalue weighted by molar-refractivity contribution is 0.662. The summed E-state index contributed by atoms with van der Waals surface area (Å²) in [6, 6.07) is 48.3. The quantitative estimate of drug-likeness (QED) is 0.0311. The van der Waals surface area contributed by atoms with Crippen molar-refractivity contribution < 1.29 is 0 Å². The third-order valence-corrected chi connectivity index (χ3v) is 17.7. The van der Waals surface area contributed by atoms with E-state index in [1.165, 1.54) is 182 Å². The first-order chi connectivity index (χ1) is 45.2. The van der Waals surface area contributed by atoms with Gasteiger partial charge in [-0.2, -0.15) is 0 Å². The summed E-state index contributed by atoms with van der Waals surface area (Å²) in [6.45, 7) is 18.0. The molecule has 0 radical (unpaired) electrons. The van der Waals surface area contributed by atoms with Crippen LogP contribution in [0.5, 0.6) is 0 Å². The Morgan fingerprint density at radius 1 is 0.185 bits per heavy atom. The Morgan fingerprint density at radius 3 is 0.511 bits per heavy atom. The summed E-state index contributed by atoms with van der Waals surface area (Å²) < 4.78 is 0. The van der Waals surface area contributed by atoms with Crippen molar-refractivity contribution in [2.75, 3.05) is 0 Å². The number of rotatable bonds is 30. The van der Waals surface area contributed by atoms with Crippen LogP contribution < -0.4 is 0 Å². The van der Waals surface area contributed by atoms with Crippen molar-refractivity contribution in [2.45, 2.75) is 248 Å². The number of aryl methyl sites for hydroxylation is 8. The highest BCUT2D eigenvalue weighted by Gasteiger charge is 2.14. The SMILES string of the molecule is CCCCCCc1cc(C#Cc2cc(CCCCCC)c(C#Cc3cc(CCCCCC)c(C#Cc4ccc(C#Cc5ccc(C)cc5)cc4)cc3CCCCCC)cc2CCCCCC)c(CCCCCC)cc1C#Cc1ccc(C#Cc2ccc(C)cc2)cc1. The zero-order valence-electron chi connectivity index (χ0n) is 57.9. The van der Waals surface area contributed by atoms with Gasteiger partial charge >= 0.3 is 0 Å². The molecule has 7 aromatic carbocycles. The van der Waals surface area contributed by atoms with E-state index >= 15 is 0 Å². The van der Waals surface area contributed by atoms with Crippen LogP contribution in [0.15, 0.2) is 133 Å². The molecular formula is C92H106. The molecule has 0 nitrogen and oxygen atoms in total. The second kappa shape index (κ2) is 41.4. The van der Waals surface area contributed by atoms with Crippen LogP contribution in [0.2, 0.25) is 0 Å². The maximum atomic E-state index is 3.93. The molecule has 0 bridgehead atoms. The van der Waals surface area contributed by atoms with E-state index in [1.54, 1.807) is 0 Å². The first-order valence-electron chi connectivity index (χ1n) is 36.1. The predicted octanol–water partition coefficient (Wildman–Crippen LogP) is 23.4. The average Bonchev–Trinajstić information content (AvgIpc) is 1.15. The van der Waals surface area contributed by atoms with Gasteiger partial charge in [0.25, 0.3) is 0 Å². The van der Waals surface area contributed by atoms with Crippen LogP contribution in [-0.2, 0) is 38.5 Å². The summed E-state index contributed by atoms with van der Waals surface area (Å²) in [7, 11) is 0. The molecule has 0 N–H and O–H groups in total.